The molecule has 6 heteroatoms. The minimum atomic E-state index is -1.07. The summed E-state index contributed by atoms with van der Waals surface area (Å²) in [5.41, 5.74) is 5.75. The Morgan fingerprint density at radius 3 is 2.12 bits per heavy atom. The molecular weight excluding hydrogens is 322 g/mol. The maximum absolute atomic E-state index is 12.6. The molecule has 0 saturated heterocycles. The Hall–Kier alpha value is -2.08. The van der Waals surface area contributed by atoms with Gasteiger partial charge in [-0.1, -0.05) is 26.8 Å². The van der Waals surface area contributed by atoms with Crippen molar-refractivity contribution in [3.8, 4) is 5.75 Å². The van der Waals surface area contributed by atoms with Crippen molar-refractivity contribution < 1.29 is 23.8 Å². The number of methoxy groups -OCH3 is 1. The van der Waals surface area contributed by atoms with Gasteiger partial charge in [-0.15, -0.1) is 0 Å². The number of hydrogen-bond acceptors (Lipinski definition) is 6. The van der Waals surface area contributed by atoms with Gasteiger partial charge in [0.15, 0.2) is 11.7 Å². The zero-order valence-electron chi connectivity index (χ0n) is 16.1. The van der Waals surface area contributed by atoms with Crippen molar-refractivity contribution >= 4 is 17.6 Å². The molecule has 0 saturated carbocycles. The molecule has 0 spiro atoms. The molecule has 0 aliphatic carbocycles. The fraction of sp³-hybridized carbons (Fsp3) is 0.579. The second-order valence-corrected chi connectivity index (χ2v) is 8.06. The predicted octanol–water partition coefficient (Wildman–Crippen LogP) is 3.32. The molecule has 1 aromatic rings. The summed E-state index contributed by atoms with van der Waals surface area (Å²) in [5.74, 6) is -2.15. The van der Waals surface area contributed by atoms with Gasteiger partial charge in [-0.05, 0) is 43.9 Å². The van der Waals surface area contributed by atoms with Gasteiger partial charge in [-0.25, -0.2) is 0 Å². The van der Waals surface area contributed by atoms with Crippen molar-refractivity contribution in [2.45, 2.75) is 53.8 Å². The molecule has 140 valence electrons. The van der Waals surface area contributed by atoms with E-state index in [0.717, 1.165) is 5.56 Å². The number of nitrogens with two attached hydrogens (primary N) is 1. The molecule has 25 heavy (non-hydrogen) atoms. The molecule has 1 unspecified atom stereocenters. The SMILES string of the molecule is COCc1ccc(OC(=O)C(C(=O)OC(C)(C)C)C(C)(C)C)c(N)c1. The fourth-order valence-corrected chi connectivity index (χ4v) is 2.28. The van der Waals surface area contributed by atoms with Crippen molar-refractivity contribution in [2.75, 3.05) is 12.8 Å². The van der Waals surface area contributed by atoms with Gasteiger partial charge in [0.25, 0.3) is 0 Å². The number of carbonyl (C=O) groups excluding carboxylic acids is 2. The quantitative estimate of drug-likeness (QED) is 0.379. The third-order valence-corrected chi connectivity index (χ3v) is 3.34. The fourth-order valence-electron chi connectivity index (χ4n) is 2.28. The monoisotopic (exact) mass is 351 g/mol. The first-order valence-corrected chi connectivity index (χ1v) is 8.17. The summed E-state index contributed by atoms with van der Waals surface area (Å²) in [6.45, 7) is 11.0. The van der Waals surface area contributed by atoms with Crippen LogP contribution in [0.25, 0.3) is 0 Å². The molecule has 1 aromatic carbocycles. The van der Waals surface area contributed by atoms with Crippen LogP contribution in [0.5, 0.6) is 5.75 Å². The number of ether oxygens (including phenoxy) is 3. The number of hydrogen-bond donors (Lipinski definition) is 1. The summed E-state index contributed by atoms with van der Waals surface area (Å²) in [4.78, 5) is 25.1. The first kappa shape index (κ1) is 21.0. The van der Waals surface area contributed by atoms with E-state index in [0.29, 0.717) is 12.3 Å². The summed E-state index contributed by atoms with van der Waals surface area (Å²) in [5, 5.41) is 0. The van der Waals surface area contributed by atoms with Gasteiger partial charge < -0.3 is 19.9 Å². The zero-order chi connectivity index (χ0) is 19.4. The lowest BCUT2D eigenvalue weighted by Gasteiger charge is -2.30. The van der Waals surface area contributed by atoms with Crippen LogP contribution in [0.1, 0.15) is 47.1 Å². The molecule has 0 aliphatic rings. The van der Waals surface area contributed by atoms with Gasteiger partial charge in [-0.2, -0.15) is 0 Å². The maximum Gasteiger partial charge on any atom is 0.326 e. The highest BCUT2D eigenvalue weighted by molar-refractivity contribution is 5.97. The minimum Gasteiger partial charge on any atom is -0.459 e. The molecule has 0 heterocycles. The number of rotatable bonds is 5. The molecule has 1 atom stereocenters. The Balaban J connectivity index is 3.02. The molecule has 0 bridgehead atoms. The average Bonchev–Trinajstić information content (AvgIpc) is 2.38. The third kappa shape index (κ3) is 6.38. The van der Waals surface area contributed by atoms with E-state index >= 15 is 0 Å². The van der Waals surface area contributed by atoms with E-state index in [1.165, 1.54) is 0 Å². The summed E-state index contributed by atoms with van der Waals surface area (Å²) in [6.07, 6.45) is 0. The molecule has 1 rings (SSSR count). The van der Waals surface area contributed by atoms with Crippen LogP contribution in [-0.2, 0) is 25.7 Å². The van der Waals surface area contributed by atoms with Crippen LogP contribution < -0.4 is 10.5 Å². The van der Waals surface area contributed by atoms with Crippen molar-refractivity contribution in [2.24, 2.45) is 11.3 Å². The zero-order valence-corrected chi connectivity index (χ0v) is 16.1. The van der Waals surface area contributed by atoms with Crippen molar-refractivity contribution in [1.29, 1.82) is 0 Å². The van der Waals surface area contributed by atoms with Crippen LogP contribution in [0, 0.1) is 11.3 Å². The lowest BCUT2D eigenvalue weighted by molar-refractivity contribution is -0.170. The van der Waals surface area contributed by atoms with E-state index in [1.54, 1.807) is 66.9 Å². The second-order valence-electron chi connectivity index (χ2n) is 8.06. The second kappa shape index (κ2) is 7.87. The average molecular weight is 351 g/mol. The maximum atomic E-state index is 12.6. The Morgan fingerprint density at radius 2 is 1.68 bits per heavy atom. The van der Waals surface area contributed by atoms with E-state index in [4.69, 9.17) is 19.9 Å². The van der Waals surface area contributed by atoms with Gasteiger partial charge in [-0.3, -0.25) is 9.59 Å². The Labute approximate surface area is 149 Å². The van der Waals surface area contributed by atoms with Gasteiger partial charge >= 0.3 is 11.9 Å². The van der Waals surface area contributed by atoms with Gasteiger partial charge in [0.2, 0.25) is 0 Å². The molecule has 0 radical (unpaired) electrons. The number of carbonyl (C=O) groups is 2. The van der Waals surface area contributed by atoms with Gasteiger partial charge in [0.05, 0.1) is 12.3 Å². The summed E-state index contributed by atoms with van der Waals surface area (Å²) in [6, 6.07) is 5.02. The van der Waals surface area contributed by atoms with E-state index < -0.39 is 28.9 Å². The number of esters is 2. The molecule has 0 fully saturated rings. The normalized spacial score (nSPS) is 13.2. The number of nitrogen functional groups attached to an aromatic ring is 1. The van der Waals surface area contributed by atoms with Crippen molar-refractivity contribution in [3.63, 3.8) is 0 Å². The molecule has 6 nitrogen and oxygen atoms in total. The Kier molecular flexibility index (Phi) is 6.60. The summed E-state index contributed by atoms with van der Waals surface area (Å²) < 4.78 is 15.8. The summed E-state index contributed by atoms with van der Waals surface area (Å²) >= 11 is 0. The molecule has 0 amide bonds. The first-order chi connectivity index (χ1) is 11.3. The van der Waals surface area contributed by atoms with Crippen LogP contribution in [0.15, 0.2) is 18.2 Å². The van der Waals surface area contributed by atoms with Crippen LogP contribution >= 0.6 is 0 Å². The lowest BCUT2D eigenvalue weighted by atomic mass is 9.80. The van der Waals surface area contributed by atoms with Crippen molar-refractivity contribution in [3.05, 3.63) is 23.8 Å². The van der Waals surface area contributed by atoms with E-state index in [-0.39, 0.29) is 5.75 Å². The standard InChI is InChI=1S/C19H29NO5/c1-18(2,3)15(17(22)25-19(4,5)6)16(21)24-14-9-8-12(11-23-7)10-13(14)20/h8-10,15H,11,20H2,1-7H3. The Morgan fingerprint density at radius 1 is 1.08 bits per heavy atom. The highest BCUT2D eigenvalue weighted by Crippen LogP contribution is 2.32. The van der Waals surface area contributed by atoms with E-state index in [1.807, 2.05) is 0 Å². The molecule has 0 aliphatic heterocycles. The van der Waals surface area contributed by atoms with E-state index in [9.17, 15) is 9.59 Å². The van der Waals surface area contributed by atoms with Crippen LogP contribution in [0.4, 0.5) is 5.69 Å². The van der Waals surface area contributed by atoms with Gasteiger partial charge in [0, 0.05) is 7.11 Å². The van der Waals surface area contributed by atoms with Crippen LogP contribution in [-0.4, -0.2) is 24.6 Å². The predicted molar refractivity (Wildman–Crippen MR) is 96.0 cm³/mol. The minimum absolute atomic E-state index is 0.211. The van der Waals surface area contributed by atoms with Crippen LogP contribution in [0.3, 0.4) is 0 Å². The van der Waals surface area contributed by atoms with E-state index in [2.05, 4.69) is 0 Å². The molecular formula is C19H29NO5. The molecule has 0 aromatic heterocycles. The highest BCUT2D eigenvalue weighted by atomic mass is 16.6. The topological polar surface area (TPSA) is 87.8 Å². The van der Waals surface area contributed by atoms with Gasteiger partial charge in [0.1, 0.15) is 5.60 Å². The summed E-state index contributed by atoms with van der Waals surface area (Å²) in [7, 11) is 1.58. The number of anilines is 1. The first-order valence-electron chi connectivity index (χ1n) is 8.17. The number of benzene rings is 1. The third-order valence-electron chi connectivity index (χ3n) is 3.34. The largest absolute Gasteiger partial charge is 0.459 e. The van der Waals surface area contributed by atoms with Crippen LogP contribution in [0.2, 0.25) is 0 Å². The lowest BCUT2D eigenvalue weighted by Crippen LogP contribution is -2.42. The molecule has 2 N–H and O–H groups in total. The smallest absolute Gasteiger partial charge is 0.326 e. The highest BCUT2D eigenvalue weighted by Gasteiger charge is 2.42. The van der Waals surface area contributed by atoms with Crippen molar-refractivity contribution in [1.82, 2.24) is 0 Å². The Bertz CT molecular complexity index is 626.